The van der Waals surface area contributed by atoms with Crippen molar-refractivity contribution >= 4 is 22.8 Å². The van der Waals surface area contributed by atoms with Crippen LogP contribution in [-0.4, -0.2) is 38.9 Å². The van der Waals surface area contributed by atoms with E-state index in [4.69, 9.17) is 10.5 Å². The van der Waals surface area contributed by atoms with Crippen molar-refractivity contribution in [3.05, 3.63) is 30.5 Å². The molecule has 106 valence electrons. The summed E-state index contributed by atoms with van der Waals surface area (Å²) in [5.41, 5.74) is 2.16. The average molecular weight is 273 g/mol. The molecule has 0 fully saturated rings. The first kappa shape index (κ1) is 14.2. The number of rotatable bonds is 7. The number of H-pyrrole nitrogens is 1. The number of nitrogens with one attached hydrogen (secondary N) is 3. The van der Waals surface area contributed by atoms with Gasteiger partial charge in [-0.3, -0.25) is 0 Å². The van der Waals surface area contributed by atoms with Crippen molar-refractivity contribution in [1.29, 1.82) is 5.41 Å². The van der Waals surface area contributed by atoms with Crippen molar-refractivity contribution in [2.75, 3.05) is 6.61 Å². The fraction of sp³-hybridized carbons (Fsp3) is 0.357. The summed E-state index contributed by atoms with van der Waals surface area (Å²) in [7, 11) is 0. The van der Waals surface area contributed by atoms with Crippen molar-refractivity contribution in [3.8, 4) is 0 Å². The van der Waals surface area contributed by atoms with E-state index in [0.717, 1.165) is 23.1 Å². The van der Waals surface area contributed by atoms with Crippen LogP contribution in [0, 0.1) is 5.41 Å². The highest BCUT2D eigenvalue weighted by Gasteiger charge is 2.09. The van der Waals surface area contributed by atoms with Crippen LogP contribution in [-0.2, 0) is 0 Å². The Kier molecular flexibility index (Phi) is 4.84. The summed E-state index contributed by atoms with van der Waals surface area (Å²) >= 11 is 0. The highest BCUT2D eigenvalue weighted by molar-refractivity contribution is 6.11. The Labute approximate surface area is 117 Å². The number of hydrogen-bond acceptors (Lipinski definition) is 5. The first-order valence-corrected chi connectivity index (χ1v) is 6.66. The van der Waals surface area contributed by atoms with E-state index >= 15 is 0 Å². The molecular weight excluding hydrogens is 254 g/mol. The van der Waals surface area contributed by atoms with Gasteiger partial charge in [0, 0.05) is 42.2 Å². The van der Waals surface area contributed by atoms with Gasteiger partial charge in [0.05, 0.1) is 5.69 Å². The molecule has 0 saturated heterocycles. The Morgan fingerprint density at radius 2 is 2.40 bits per heavy atom. The lowest BCUT2D eigenvalue weighted by molar-refractivity contribution is 0.268. The Hall–Kier alpha value is -2.21. The summed E-state index contributed by atoms with van der Waals surface area (Å²) in [5, 5.41) is 20.7. The van der Waals surface area contributed by atoms with E-state index in [2.05, 4.69) is 27.2 Å². The molecule has 6 nitrogen and oxygen atoms in total. The standard InChI is InChI=1S/C14H19N5O/c1-2-11(4-6-20)17-8-10(7-15)13-12-3-5-16-14(12)19-9-18-13/h3,5,7-9,11,15,17,20H,2,4,6H2,1H3,(H,16,18,19)/b10-8+,15-7?. The Morgan fingerprint density at radius 1 is 1.55 bits per heavy atom. The van der Waals surface area contributed by atoms with E-state index in [0.29, 0.717) is 12.0 Å². The molecule has 0 spiro atoms. The summed E-state index contributed by atoms with van der Waals surface area (Å²) in [5.74, 6) is 0. The van der Waals surface area contributed by atoms with Crippen LogP contribution < -0.4 is 5.32 Å². The Balaban J connectivity index is 2.27. The molecule has 0 aliphatic carbocycles. The summed E-state index contributed by atoms with van der Waals surface area (Å²) in [6.07, 6.45) is 7.93. The maximum absolute atomic E-state index is 8.99. The fourth-order valence-electron chi connectivity index (χ4n) is 2.05. The van der Waals surface area contributed by atoms with Gasteiger partial charge in [0.25, 0.3) is 0 Å². The predicted octanol–water partition coefficient (Wildman–Crippen LogP) is 1.70. The second-order valence-corrected chi connectivity index (χ2v) is 4.49. The second kappa shape index (κ2) is 6.81. The molecule has 0 radical (unpaired) electrons. The Bertz CT molecular complexity index is 604. The largest absolute Gasteiger partial charge is 0.396 e. The van der Waals surface area contributed by atoms with E-state index in [1.54, 1.807) is 12.4 Å². The molecule has 2 aromatic heterocycles. The van der Waals surface area contributed by atoms with E-state index in [-0.39, 0.29) is 12.6 Å². The molecule has 2 rings (SSSR count). The van der Waals surface area contributed by atoms with Gasteiger partial charge < -0.3 is 20.8 Å². The smallest absolute Gasteiger partial charge is 0.141 e. The zero-order valence-electron chi connectivity index (χ0n) is 11.4. The molecule has 0 saturated carbocycles. The zero-order chi connectivity index (χ0) is 14.4. The third-order valence-corrected chi connectivity index (χ3v) is 3.23. The van der Waals surface area contributed by atoms with Crippen LogP contribution in [0.15, 0.2) is 24.8 Å². The molecule has 0 amide bonds. The van der Waals surface area contributed by atoms with E-state index in [9.17, 15) is 0 Å². The number of hydrogen-bond donors (Lipinski definition) is 4. The number of aliphatic hydroxyl groups is 1. The highest BCUT2D eigenvalue weighted by atomic mass is 16.3. The quantitative estimate of drug-likeness (QED) is 0.577. The van der Waals surface area contributed by atoms with Crippen molar-refractivity contribution in [3.63, 3.8) is 0 Å². The van der Waals surface area contributed by atoms with Gasteiger partial charge in [0.2, 0.25) is 0 Å². The summed E-state index contributed by atoms with van der Waals surface area (Å²) < 4.78 is 0. The van der Waals surface area contributed by atoms with Crippen molar-refractivity contribution in [2.24, 2.45) is 0 Å². The van der Waals surface area contributed by atoms with Gasteiger partial charge in [-0.15, -0.1) is 0 Å². The van der Waals surface area contributed by atoms with Crippen LogP contribution in [0.5, 0.6) is 0 Å². The van der Waals surface area contributed by atoms with Gasteiger partial charge in [-0.05, 0) is 18.9 Å². The molecule has 1 unspecified atom stereocenters. The minimum atomic E-state index is 0.148. The summed E-state index contributed by atoms with van der Waals surface area (Å²) in [4.78, 5) is 11.4. The lowest BCUT2D eigenvalue weighted by Gasteiger charge is -2.14. The number of fused-ring (bicyclic) bond motifs is 1. The first-order valence-electron chi connectivity index (χ1n) is 6.66. The van der Waals surface area contributed by atoms with Crippen LogP contribution in [0.3, 0.4) is 0 Å². The van der Waals surface area contributed by atoms with Crippen LogP contribution in [0.25, 0.3) is 16.6 Å². The third kappa shape index (κ3) is 3.03. The molecule has 1 atom stereocenters. The van der Waals surface area contributed by atoms with Gasteiger partial charge in [-0.2, -0.15) is 0 Å². The van der Waals surface area contributed by atoms with Crippen LogP contribution >= 0.6 is 0 Å². The molecule has 4 N–H and O–H groups in total. The van der Waals surface area contributed by atoms with Crippen molar-refractivity contribution in [1.82, 2.24) is 20.3 Å². The third-order valence-electron chi connectivity index (χ3n) is 3.23. The number of aromatic nitrogens is 3. The molecule has 0 aliphatic rings. The predicted molar refractivity (Wildman–Crippen MR) is 79.6 cm³/mol. The summed E-state index contributed by atoms with van der Waals surface area (Å²) in [6.45, 7) is 2.20. The normalized spacial score (nSPS) is 13.4. The molecular formula is C14H19N5O. The number of nitrogens with zero attached hydrogens (tertiary/aromatic N) is 2. The minimum absolute atomic E-state index is 0.148. The molecule has 0 aromatic carbocycles. The molecule has 6 heteroatoms. The number of allylic oxidation sites excluding steroid dienone is 1. The van der Waals surface area contributed by atoms with Gasteiger partial charge in [0.15, 0.2) is 0 Å². The number of aromatic amines is 1. The number of aliphatic hydroxyl groups excluding tert-OH is 1. The topological polar surface area (TPSA) is 97.7 Å². The second-order valence-electron chi connectivity index (χ2n) is 4.49. The molecule has 20 heavy (non-hydrogen) atoms. The van der Waals surface area contributed by atoms with Gasteiger partial charge in [-0.1, -0.05) is 6.92 Å². The van der Waals surface area contributed by atoms with Crippen LogP contribution in [0.4, 0.5) is 0 Å². The van der Waals surface area contributed by atoms with Crippen LogP contribution in [0.2, 0.25) is 0 Å². The summed E-state index contributed by atoms with van der Waals surface area (Å²) in [6, 6.07) is 2.09. The molecule has 0 aliphatic heterocycles. The molecule has 2 heterocycles. The van der Waals surface area contributed by atoms with Crippen molar-refractivity contribution < 1.29 is 5.11 Å². The molecule has 2 aromatic rings. The highest BCUT2D eigenvalue weighted by Crippen LogP contribution is 2.19. The maximum atomic E-state index is 8.99. The average Bonchev–Trinajstić information content (AvgIpc) is 2.95. The maximum Gasteiger partial charge on any atom is 0.141 e. The minimum Gasteiger partial charge on any atom is -0.396 e. The first-order chi connectivity index (χ1) is 9.80. The SMILES string of the molecule is CCC(CCO)N/C=C(\C=N)c1ncnc2[nH]ccc12. The van der Waals surface area contributed by atoms with Crippen LogP contribution in [0.1, 0.15) is 25.5 Å². The van der Waals surface area contributed by atoms with Crippen molar-refractivity contribution in [2.45, 2.75) is 25.8 Å². The van der Waals surface area contributed by atoms with Gasteiger partial charge in [0.1, 0.15) is 12.0 Å². The lowest BCUT2D eigenvalue weighted by atomic mass is 10.1. The molecule has 0 bridgehead atoms. The van der Waals surface area contributed by atoms with Gasteiger partial charge in [-0.25, -0.2) is 9.97 Å². The Morgan fingerprint density at radius 3 is 3.10 bits per heavy atom. The van der Waals surface area contributed by atoms with E-state index in [1.807, 2.05) is 6.07 Å². The van der Waals surface area contributed by atoms with E-state index in [1.165, 1.54) is 12.5 Å². The van der Waals surface area contributed by atoms with E-state index < -0.39 is 0 Å². The lowest BCUT2D eigenvalue weighted by Crippen LogP contribution is -2.25. The van der Waals surface area contributed by atoms with Gasteiger partial charge >= 0.3 is 0 Å². The monoisotopic (exact) mass is 273 g/mol. The fourth-order valence-corrected chi connectivity index (χ4v) is 2.05. The zero-order valence-corrected chi connectivity index (χ0v) is 11.4.